The van der Waals surface area contributed by atoms with E-state index in [0.29, 0.717) is 6.54 Å². The Kier molecular flexibility index (Phi) is 6.20. The van der Waals surface area contributed by atoms with Crippen molar-refractivity contribution in [1.29, 1.82) is 0 Å². The average molecular weight is 400 g/mol. The Balaban J connectivity index is 1.26. The summed E-state index contributed by atoms with van der Waals surface area (Å²) in [4.78, 5) is 28.1. The van der Waals surface area contributed by atoms with Gasteiger partial charge in [-0.3, -0.25) is 9.59 Å². The second-order valence-corrected chi connectivity index (χ2v) is 8.89. The lowest BCUT2D eigenvalue weighted by molar-refractivity contribution is -0.125. The zero-order valence-electron chi connectivity index (χ0n) is 17.4. The number of nitrogens with zero attached hydrogens (tertiary/aromatic N) is 2. The monoisotopic (exact) mass is 399 g/mol. The number of aliphatic hydroxyl groups excluding tert-OH is 1. The molecule has 0 radical (unpaired) electrons. The lowest BCUT2D eigenvalue weighted by atomic mass is 10.0. The molecule has 1 saturated carbocycles. The highest BCUT2D eigenvalue weighted by Gasteiger charge is 2.28. The van der Waals surface area contributed by atoms with E-state index in [9.17, 15) is 14.7 Å². The molecule has 2 aliphatic heterocycles. The van der Waals surface area contributed by atoms with Gasteiger partial charge in [-0.05, 0) is 49.3 Å². The second-order valence-electron chi connectivity index (χ2n) is 8.89. The quantitative estimate of drug-likeness (QED) is 0.798. The maximum Gasteiger partial charge on any atom is 0.223 e. The van der Waals surface area contributed by atoms with E-state index in [0.717, 1.165) is 68.6 Å². The van der Waals surface area contributed by atoms with Crippen LogP contribution in [0.15, 0.2) is 18.2 Å². The van der Waals surface area contributed by atoms with Crippen LogP contribution in [-0.2, 0) is 16.0 Å². The number of β-amino-alcohol motifs (C(OH)–C–C–N with tert-alkyl or cyclic N) is 1. The zero-order chi connectivity index (χ0) is 20.4. The Labute approximate surface area is 173 Å². The molecule has 0 spiro atoms. The number of hydrogen-bond donors (Lipinski definition) is 2. The molecule has 2 amide bonds. The van der Waals surface area contributed by atoms with Crippen molar-refractivity contribution in [1.82, 2.24) is 10.2 Å². The minimum atomic E-state index is -0.531. The number of rotatable bonds is 5. The third kappa shape index (κ3) is 4.64. The fourth-order valence-corrected chi connectivity index (χ4v) is 5.07. The van der Waals surface area contributed by atoms with E-state index in [2.05, 4.69) is 16.3 Å². The first kappa shape index (κ1) is 20.4. The molecule has 6 nitrogen and oxygen atoms in total. The van der Waals surface area contributed by atoms with Gasteiger partial charge in [0, 0.05) is 50.7 Å². The number of aliphatic hydroxyl groups is 1. The molecule has 1 atom stereocenters. The molecule has 2 heterocycles. The van der Waals surface area contributed by atoms with Crippen LogP contribution in [0.2, 0.25) is 0 Å². The van der Waals surface area contributed by atoms with Gasteiger partial charge in [0.25, 0.3) is 0 Å². The van der Waals surface area contributed by atoms with E-state index < -0.39 is 6.10 Å². The van der Waals surface area contributed by atoms with E-state index in [1.54, 1.807) is 11.8 Å². The Morgan fingerprint density at radius 2 is 1.86 bits per heavy atom. The fraction of sp³-hybridized carbons (Fsp3) is 0.652. The van der Waals surface area contributed by atoms with Gasteiger partial charge in [0.2, 0.25) is 11.8 Å². The predicted octanol–water partition coefficient (Wildman–Crippen LogP) is 2.40. The van der Waals surface area contributed by atoms with E-state index in [1.165, 1.54) is 12.8 Å². The molecule has 1 aromatic rings. The minimum Gasteiger partial charge on any atom is -0.387 e. The molecule has 1 aromatic carbocycles. The van der Waals surface area contributed by atoms with Crippen molar-refractivity contribution in [2.75, 3.05) is 31.1 Å². The topological polar surface area (TPSA) is 72.9 Å². The molecule has 6 heteroatoms. The molecule has 2 N–H and O–H groups in total. The number of nitrogens with one attached hydrogen (secondary N) is 1. The molecular formula is C23H33N3O3. The molecular weight excluding hydrogens is 366 g/mol. The lowest BCUT2D eigenvalue weighted by Crippen LogP contribution is -2.46. The second kappa shape index (κ2) is 8.84. The van der Waals surface area contributed by atoms with Crippen LogP contribution in [-0.4, -0.2) is 54.0 Å². The average Bonchev–Trinajstić information content (AvgIpc) is 3.39. The number of carbonyl (C=O) groups excluding carboxylic acids is 2. The van der Waals surface area contributed by atoms with E-state index in [1.807, 2.05) is 12.1 Å². The van der Waals surface area contributed by atoms with E-state index >= 15 is 0 Å². The summed E-state index contributed by atoms with van der Waals surface area (Å²) in [6.07, 6.45) is 6.67. The minimum absolute atomic E-state index is 0.0694. The largest absolute Gasteiger partial charge is 0.387 e. The summed E-state index contributed by atoms with van der Waals surface area (Å²) in [6.45, 7) is 4.73. The molecule has 29 heavy (non-hydrogen) atoms. The first-order valence-corrected chi connectivity index (χ1v) is 11.1. The first-order valence-electron chi connectivity index (χ1n) is 11.1. The summed E-state index contributed by atoms with van der Waals surface area (Å²) in [5.41, 5.74) is 3.04. The fourth-order valence-electron chi connectivity index (χ4n) is 5.07. The summed E-state index contributed by atoms with van der Waals surface area (Å²) in [5.74, 6) is 0.548. The van der Waals surface area contributed by atoms with Crippen LogP contribution in [0.3, 0.4) is 0 Å². The van der Waals surface area contributed by atoms with Gasteiger partial charge in [0.1, 0.15) is 0 Å². The van der Waals surface area contributed by atoms with Gasteiger partial charge in [0.05, 0.1) is 6.10 Å². The summed E-state index contributed by atoms with van der Waals surface area (Å²) < 4.78 is 0. The normalized spacial score (nSPS) is 21.9. The maximum atomic E-state index is 12.3. The number of fused-ring (bicyclic) bond motifs is 1. The number of benzene rings is 1. The van der Waals surface area contributed by atoms with E-state index in [-0.39, 0.29) is 23.8 Å². The van der Waals surface area contributed by atoms with Gasteiger partial charge in [-0.2, -0.15) is 0 Å². The van der Waals surface area contributed by atoms with Crippen LogP contribution in [0.1, 0.15) is 62.7 Å². The third-order valence-corrected chi connectivity index (χ3v) is 6.86. The third-order valence-electron chi connectivity index (χ3n) is 6.86. The molecule has 2 fully saturated rings. The van der Waals surface area contributed by atoms with Crippen LogP contribution in [0.5, 0.6) is 0 Å². The van der Waals surface area contributed by atoms with Gasteiger partial charge in [-0.15, -0.1) is 0 Å². The molecule has 1 aliphatic carbocycles. The van der Waals surface area contributed by atoms with Crippen LogP contribution in [0.25, 0.3) is 0 Å². The van der Waals surface area contributed by atoms with Crippen LogP contribution in [0.4, 0.5) is 5.69 Å². The smallest absolute Gasteiger partial charge is 0.223 e. The zero-order valence-corrected chi connectivity index (χ0v) is 17.4. The molecule has 158 valence electrons. The number of hydrogen-bond acceptors (Lipinski definition) is 4. The Bertz CT molecular complexity index is 752. The number of likely N-dealkylation sites (tertiary alicyclic amines) is 1. The predicted molar refractivity (Wildman–Crippen MR) is 113 cm³/mol. The highest BCUT2D eigenvalue weighted by molar-refractivity contribution is 5.93. The van der Waals surface area contributed by atoms with Gasteiger partial charge >= 0.3 is 0 Å². The SMILES string of the molecule is CC(=O)N1CCc2cc(C(O)CN3CCC(NC(=O)C4CCCC4)CC3)ccc21. The summed E-state index contributed by atoms with van der Waals surface area (Å²) >= 11 is 0. The van der Waals surface area contributed by atoms with Crippen molar-refractivity contribution in [3.8, 4) is 0 Å². The highest BCUT2D eigenvalue weighted by atomic mass is 16.3. The Morgan fingerprint density at radius 3 is 2.55 bits per heavy atom. The van der Waals surface area contributed by atoms with Crippen LogP contribution in [0, 0.1) is 5.92 Å². The van der Waals surface area contributed by atoms with Crippen molar-refractivity contribution in [2.24, 2.45) is 5.92 Å². The standard InChI is InChI=1S/C23H33N3O3/c1-16(27)26-13-8-18-14-19(6-7-21(18)26)22(28)15-25-11-9-20(10-12-25)24-23(29)17-4-2-3-5-17/h6-7,14,17,20,22,28H,2-5,8-13,15H2,1H3,(H,24,29). The lowest BCUT2D eigenvalue weighted by Gasteiger charge is -2.34. The van der Waals surface area contributed by atoms with Gasteiger partial charge in [-0.1, -0.05) is 25.0 Å². The number of piperidine rings is 1. The number of amides is 2. The Morgan fingerprint density at radius 1 is 1.14 bits per heavy atom. The van der Waals surface area contributed by atoms with Crippen LogP contribution < -0.4 is 10.2 Å². The highest BCUT2D eigenvalue weighted by Crippen LogP contribution is 2.31. The molecule has 1 saturated heterocycles. The summed E-state index contributed by atoms with van der Waals surface area (Å²) in [5, 5.41) is 14.0. The van der Waals surface area contributed by atoms with Gasteiger partial charge in [0.15, 0.2) is 0 Å². The van der Waals surface area contributed by atoms with Crippen molar-refractivity contribution in [3.05, 3.63) is 29.3 Å². The maximum absolute atomic E-state index is 12.3. The van der Waals surface area contributed by atoms with Crippen molar-refractivity contribution < 1.29 is 14.7 Å². The first-order chi connectivity index (χ1) is 14.0. The van der Waals surface area contributed by atoms with Gasteiger partial charge < -0.3 is 20.2 Å². The molecule has 0 bridgehead atoms. The molecule has 0 aromatic heterocycles. The van der Waals surface area contributed by atoms with Crippen molar-refractivity contribution >= 4 is 17.5 Å². The summed E-state index contributed by atoms with van der Waals surface area (Å²) in [6, 6.07) is 6.23. The number of carbonyl (C=O) groups is 2. The molecule has 1 unspecified atom stereocenters. The van der Waals surface area contributed by atoms with Crippen molar-refractivity contribution in [3.63, 3.8) is 0 Å². The van der Waals surface area contributed by atoms with Gasteiger partial charge in [-0.25, -0.2) is 0 Å². The number of anilines is 1. The Hall–Kier alpha value is -1.92. The molecule has 4 rings (SSSR count). The van der Waals surface area contributed by atoms with Crippen molar-refractivity contribution in [2.45, 2.75) is 64.0 Å². The van der Waals surface area contributed by atoms with E-state index in [4.69, 9.17) is 0 Å². The molecule has 3 aliphatic rings. The van der Waals surface area contributed by atoms with Crippen LogP contribution >= 0.6 is 0 Å². The summed E-state index contributed by atoms with van der Waals surface area (Å²) in [7, 11) is 0.